The summed E-state index contributed by atoms with van der Waals surface area (Å²) in [5.74, 6) is -0.965. The lowest BCUT2D eigenvalue weighted by Gasteiger charge is -2.05. The van der Waals surface area contributed by atoms with Gasteiger partial charge in [0.1, 0.15) is 4.88 Å². The second-order valence-electron chi connectivity index (χ2n) is 3.85. The van der Waals surface area contributed by atoms with Gasteiger partial charge in [0.25, 0.3) is 0 Å². The van der Waals surface area contributed by atoms with Crippen molar-refractivity contribution in [3.63, 3.8) is 0 Å². The molecular formula is C12H11ClN2O2S. The molecule has 94 valence electrons. The lowest BCUT2D eigenvalue weighted by atomic mass is 10.2. The number of thiazole rings is 1. The van der Waals surface area contributed by atoms with Gasteiger partial charge >= 0.3 is 5.97 Å². The van der Waals surface area contributed by atoms with Crippen molar-refractivity contribution in [2.45, 2.75) is 13.8 Å². The van der Waals surface area contributed by atoms with Crippen LogP contribution in [0.25, 0.3) is 0 Å². The second-order valence-corrected chi connectivity index (χ2v) is 5.25. The third-order valence-corrected chi connectivity index (χ3v) is 3.73. The Labute approximate surface area is 113 Å². The number of aromatic carboxylic acids is 1. The van der Waals surface area contributed by atoms with Crippen molar-refractivity contribution in [3.05, 3.63) is 39.4 Å². The Balaban J connectivity index is 2.29. The van der Waals surface area contributed by atoms with E-state index in [9.17, 15) is 4.79 Å². The molecule has 0 amide bonds. The van der Waals surface area contributed by atoms with E-state index < -0.39 is 5.97 Å². The number of carboxylic acids is 1. The summed E-state index contributed by atoms with van der Waals surface area (Å²) >= 11 is 7.18. The lowest BCUT2D eigenvalue weighted by molar-refractivity contribution is 0.0701. The molecule has 2 rings (SSSR count). The quantitative estimate of drug-likeness (QED) is 0.897. The van der Waals surface area contributed by atoms with Crippen LogP contribution in [-0.2, 0) is 0 Å². The third-order valence-electron chi connectivity index (χ3n) is 2.36. The van der Waals surface area contributed by atoms with E-state index in [1.165, 1.54) is 0 Å². The highest BCUT2D eigenvalue weighted by Gasteiger charge is 2.14. The van der Waals surface area contributed by atoms with Crippen LogP contribution in [-0.4, -0.2) is 16.1 Å². The average Bonchev–Trinajstić information content (AvgIpc) is 2.64. The Kier molecular flexibility index (Phi) is 3.54. The minimum atomic E-state index is -0.965. The molecule has 0 spiro atoms. The number of nitrogens with zero attached hydrogens (tertiary/aromatic N) is 1. The fourth-order valence-corrected chi connectivity index (χ4v) is 2.58. The zero-order valence-corrected chi connectivity index (χ0v) is 11.4. The van der Waals surface area contributed by atoms with Gasteiger partial charge < -0.3 is 10.4 Å². The number of halogens is 1. The van der Waals surface area contributed by atoms with E-state index in [-0.39, 0.29) is 4.88 Å². The van der Waals surface area contributed by atoms with Crippen molar-refractivity contribution in [2.75, 3.05) is 5.32 Å². The smallest absolute Gasteiger partial charge is 0.347 e. The zero-order valence-electron chi connectivity index (χ0n) is 9.82. The van der Waals surface area contributed by atoms with Gasteiger partial charge in [0.15, 0.2) is 5.13 Å². The molecule has 0 aliphatic rings. The van der Waals surface area contributed by atoms with E-state index in [0.717, 1.165) is 16.9 Å². The monoisotopic (exact) mass is 282 g/mol. The fourth-order valence-electron chi connectivity index (χ4n) is 1.49. The van der Waals surface area contributed by atoms with Gasteiger partial charge in [-0.2, -0.15) is 0 Å². The van der Waals surface area contributed by atoms with E-state index in [4.69, 9.17) is 16.7 Å². The summed E-state index contributed by atoms with van der Waals surface area (Å²) in [7, 11) is 0. The normalized spacial score (nSPS) is 10.4. The van der Waals surface area contributed by atoms with Gasteiger partial charge in [-0.1, -0.05) is 29.0 Å². The van der Waals surface area contributed by atoms with Gasteiger partial charge in [0.05, 0.1) is 16.4 Å². The topological polar surface area (TPSA) is 62.2 Å². The summed E-state index contributed by atoms with van der Waals surface area (Å²) in [4.78, 5) is 15.3. The molecule has 0 saturated heterocycles. The number of nitrogens with one attached hydrogen (secondary N) is 1. The summed E-state index contributed by atoms with van der Waals surface area (Å²) in [6, 6.07) is 5.60. The standard InChI is InChI=1S/C12H11ClN2O2S/c1-6-3-4-9(8(13)5-6)15-12-14-7(2)10(18-12)11(16)17/h3-5H,1-2H3,(H,14,15)(H,16,17). The number of hydrogen-bond acceptors (Lipinski definition) is 4. The number of carbonyl (C=O) groups is 1. The van der Waals surface area contributed by atoms with Gasteiger partial charge in [-0.05, 0) is 31.5 Å². The first-order valence-corrected chi connectivity index (χ1v) is 6.40. The molecule has 4 nitrogen and oxygen atoms in total. The highest BCUT2D eigenvalue weighted by atomic mass is 35.5. The number of rotatable bonds is 3. The van der Waals surface area contributed by atoms with E-state index in [1.807, 2.05) is 25.1 Å². The van der Waals surface area contributed by atoms with Crippen molar-refractivity contribution < 1.29 is 9.90 Å². The first-order chi connectivity index (χ1) is 8.47. The van der Waals surface area contributed by atoms with Crippen LogP contribution in [0.5, 0.6) is 0 Å². The van der Waals surface area contributed by atoms with Crippen molar-refractivity contribution in [1.82, 2.24) is 4.98 Å². The SMILES string of the molecule is Cc1ccc(Nc2nc(C)c(C(=O)O)s2)c(Cl)c1. The molecular weight excluding hydrogens is 272 g/mol. The molecule has 0 aliphatic carbocycles. The maximum atomic E-state index is 10.9. The van der Waals surface area contributed by atoms with E-state index >= 15 is 0 Å². The largest absolute Gasteiger partial charge is 0.477 e. The van der Waals surface area contributed by atoms with Crippen molar-refractivity contribution in [3.8, 4) is 0 Å². The minimum absolute atomic E-state index is 0.237. The Hall–Kier alpha value is -1.59. The van der Waals surface area contributed by atoms with E-state index in [0.29, 0.717) is 21.5 Å². The van der Waals surface area contributed by atoms with Gasteiger partial charge in [-0.25, -0.2) is 9.78 Å². The van der Waals surface area contributed by atoms with Crippen LogP contribution in [0.2, 0.25) is 5.02 Å². The third kappa shape index (κ3) is 2.63. The Morgan fingerprint density at radius 3 is 2.72 bits per heavy atom. The van der Waals surface area contributed by atoms with Crippen LogP contribution >= 0.6 is 22.9 Å². The Morgan fingerprint density at radius 1 is 1.44 bits per heavy atom. The summed E-state index contributed by atoms with van der Waals surface area (Å²) < 4.78 is 0. The number of hydrogen-bond donors (Lipinski definition) is 2. The molecule has 0 radical (unpaired) electrons. The molecule has 1 aromatic heterocycles. The molecule has 0 unspecified atom stereocenters. The first-order valence-electron chi connectivity index (χ1n) is 5.21. The van der Waals surface area contributed by atoms with Crippen LogP contribution in [0.1, 0.15) is 20.9 Å². The maximum absolute atomic E-state index is 10.9. The van der Waals surface area contributed by atoms with Gasteiger partial charge in [-0.3, -0.25) is 0 Å². The van der Waals surface area contributed by atoms with E-state index in [1.54, 1.807) is 6.92 Å². The molecule has 18 heavy (non-hydrogen) atoms. The number of aryl methyl sites for hydroxylation is 2. The van der Waals surface area contributed by atoms with Crippen LogP contribution in [0.15, 0.2) is 18.2 Å². The van der Waals surface area contributed by atoms with Crippen molar-refractivity contribution >= 4 is 39.7 Å². The van der Waals surface area contributed by atoms with Crippen molar-refractivity contribution in [2.24, 2.45) is 0 Å². The fraction of sp³-hybridized carbons (Fsp3) is 0.167. The predicted molar refractivity (Wildman–Crippen MR) is 73.3 cm³/mol. The number of anilines is 2. The molecule has 0 saturated carbocycles. The molecule has 2 N–H and O–H groups in total. The molecule has 0 fully saturated rings. The summed E-state index contributed by atoms with van der Waals surface area (Å²) in [5, 5.41) is 13.1. The first kappa shape index (κ1) is 12.9. The van der Waals surface area contributed by atoms with Crippen LogP contribution in [0.4, 0.5) is 10.8 Å². The lowest BCUT2D eigenvalue weighted by Crippen LogP contribution is -1.94. The molecule has 0 aliphatic heterocycles. The van der Waals surface area contributed by atoms with Gasteiger partial charge in [-0.15, -0.1) is 0 Å². The predicted octanol–water partition coefficient (Wildman–Crippen LogP) is 3.86. The van der Waals surface area contributed by atoms with Crippen LogP contribution in [0, 0.1) is 13.8 Å². The maximum Gasteiger partial charge on any atom is 0.347 e. The zero-order chi connectivity index (χ0) is 13.3. The second kappa shape index (κ2) is 4.96. The molecule has 2 aromatic rings. The summed E-state index contributed by atoms with van der Waals surface area (Å²) in [6.45, 7) is 3.62. The number of benzene rings is 1. The molecule has 0 atom stereocenters. The number of aromatic nitrogens is 1. The van der Waals surface area contributed by atoms with Gasteiger partial charge in [0.2, 0.25) is 0 Å². The summed E-state index contributed by atoms with van der Waals surface area (Å²) in [5.41, 5.74) is 2.28. The molecule has 0 bridgehead atoms. The minimum Gasteiger partial charge on any atom is -0.477 e. The Morgan fingerprint density at radius 2 is 2.17 bits per heavy atom. The average molecular weight is 283 g/mol. The molecule has 1 heterocycles. The van der Waals surface area contributed by atoms with Crippen LogP contribution in [0.3, 0.4) is 0 Å². The van der Waals surface area contributed by atoms with Gasteiger partial charge in [0, 0.05) is 0 Å². The van der Waals surface area contributed by atoms with E-state index in [2.05, 4.69) is 10.3 Å². The number of carboxylic acid groups (broad SMARTS) is 1. The van der Waals surface area contributed by atoms with Crippen molar-refractivity contribution in [1.29, 1.82) is 0 Å². The highest BCUT2D eigenvalue weighted by Crippen LogP contribution is 2.30. The Bertz CT molecular complexity index is 610. The highest BCUT2D eigenvalue weighted by molar-refractivity contribution is 7.17. The molecule has 1 aromatic carbocycles. The van der Waals surface area contributed by atoms with Crippen LogP contribution < -0.4 is 5.32 Å². The summed E-state index contributed by atoms with van der Waals surface area (Å²) in [6.07, 6.45) is 0. The molecule has 6 heteroatoms.